The van der Waals surface area contributed by atoms with Crippen LogP contribution in [0.3, 0.4) is 0 Å². The van der Waals surface area contributed by atoms with Crippen molar-refractivity contribution in [3.05, 3.63) is 53.0 Å². The second-order valence-corrected chi connectivity index (χ2v) is 7.85. The predicted molar refractivity (Wildman–Crippen MR) is 98.3 cm³/mol. The summed E-state index contributed by atoms with van der Waals surface area (Å²) in [6.07, 6.45) is 5.88. The number of aromatic nitrogens is 1. The molecule has 0 spiro atoms. The van der Waals surface area contributed by atoms with Crippen molar-refractivity contribution >= 4 is 17.5 Å². The molecule has 0 saturated carbocycles. The quantitative estimate of drug-likeness (QED) is 0.741. The molecule has 2 bridgehead atoms. The summed E-state index contributed by atoms with van der Waals surface area (Å²) in [5.74, 6) is -0.0144. The first-order valence-electron chi connectivity index (χ1n) is 9.08. The van der Waals surface area contributed by atoms with Gasteiger partial charge < -0.3 is 4.74 Å². The maximum absolute atomic E-state index is 13.1. The number of nitrogens with zero attached hydrogens (tertiary/aromatic N) is 2. The number of hydrogen-bond donors (Lipinski definition) is 0. The van der Waals surface area contributed by atoms with Crippen LogP contribution in [0.25, 0.3) is 0 Å². The minimum atomic E-state index is -0.413. The van der Waals surface area contributed by atoms with Crippen molar-refractivity contribution in [3.8, 4) is 0 Å². The van der Waals surface area contributed by atoms with Gasteiger partial charge in [0.1, 0.15) is 0 Å². The summed E-state index contributed by atoms with van der Waals surface area (Å²) in [6, 6.07) is 11.1. The molecule has 5 heteroatoms. The Morgan fingerprint density at radius 2 is 2.16 bits per heavy atom. The molecule has 0 amide bonds. The van der Waals surface area contributed by atoms with Crippen molar-refractivity contribution in [2.75, 3.05) is 6.61 Å². The zero-order valence-corrected chi connectivity index (χ0v) is 15.4. The Kier molecular flexibility index (Phi) is 4.61. The molecule has 0 N–H and O–H groups in total. The van der Waals surface area contributed by atoms with Crippen LogP contribution in [0.2, 0.25) is 0 Å². The van der Waals surface area contributed by atoms with Gasteiger partial charge in [-0.3, -0.25) is 9.69 Å². The summed E-state index contributed by atoms with van der Waals surface area (Å²) < 4.78 is 9.79. The molecular formula is C20H24N2O2S. The number of ether oxygens (including phenoxy) is 1. The Morgan fingerprint density at radius 1 is 1.32 bits per heavy atom. The Hall–Kier alpha value is -1.72. The number of fused-ring (bicyclic) bond motifs is 2. The Balaban J connectivity index is 1.63. The standard InChI is InChI=1S/C20H24N2O2S/c1-2-24-19(23)20(10-15-6-4-3-5-7-15)11-17-8-9-18(20)22(17)13-16-12-21-25-14-16/h3-7,12,14,17-18H,2,8-11,13H2,1H3/t17-,18+,20+/m0/s1. The molecule has 25 heavy (non-hydrogen) atoms. The highest BCUT2D eigenvalue weighted by atomic mass is 32.1. The minimum Gasteiger partial charge on any atom is -0.466 e. The molecule has 2 fully saturated rings. The van der Waals surface area contributed by atoms with Crippen LogP contribution in [0.15, 0.2) is 41.9 Å². The molecule has 4 nitrogen and oxygen atoms in total. The molecule has 1 aromatic heterocycles. The first-order chi connectivity index (χ1) is 12.2. The molecule has 1 aromatic carbocycles. The molecule has 3 atom stereocenters. The lowest BCUT2D eigenvalue weighted by Gasteiger charge is -2.35. The van der Waals surface area contributed by atoms with Crippen LogP contribution in [-0.4, -0.2) is 33.9 Å². The third-order valence-electron chi connectivity index (χ3n) is 5.77. The normalized spacial score (nSPS) is 28.4. The highest BCUT2D eigenvalue weighted by Gasteiger charge is 2.60. The fraction of sp³-hybridized carbons (Fsp3) is 0.500. The zero-order chi connectivity index (χ0) is 17.3. The van der Waals surface area contributed by atoms with E-state index in [0.29, 0.717) is 12.6 Å². The maximum atomic E-state index is 13.1. The van der Waals surface area contributed by atoms with Crippen molar-refractivity contribution in [2.45, 2.75) is 51.2 Å². The van der Waals surface area contributed by atoms with Crippen molar-refractivity contribution in [1.82, 2.24) is 9.27 Å². The van der Waals surface area contributed by atoms with Gasteiger partial charge in [0.2, 0.25) is 0 Å². The summed E-state index contributed by atoms with van der Waals surface area (Å²) in [4.78, 5) is 15.6. The average molecular weight is 356 g/mol. The SMILES string of the molecule is CCOC(=O)[C@]1(Cc2ccccc2)C[C@@H]2CC[C@H]1N2Cc1cnsc1. The van der Waals surface area contributed by atoms with E-state index in [4.69, 9.17) is 4.74 Å². The van der Waals surface area contributed by atoms with E-state index in [-0.39, 0.29) is 12.0 Å². The highest BCUT2D eigenvalue weighted by Crippen LogP contribution is 2.52. The van der Waals surface area contributed by atoms with Crippen molar-refractivity contribution in [1.29, 1.82) is 0 Å². The lowest BCUT2D eigenvalue weighted by Crippen LogP contribution is -2.46. The van der Waals surface area contributed by atoms with Gasteiger partial charge in [-0.1, -0.05) is 30.3 Å². The van der Waals surface area contributed by atoms with E-state index < -0.39 is 5.41 Å². The van der Waals surface area contributed by atoms with Crippen molar-refractivity contribution < 1.29 is 9.53 Å². The minimum absolute atomic E-state index is 0.0144. The van der Waals surface area contributed by atoms with Crippen molar-refractivity contribution in [3.63, 3.8) is 0 Å². The summed E-state index contributed by atoms with van der Waals surface area (Å²) in [5.41, 5.74) is 2.06. The van der Waals surface area contributed by atoms with Crippen LogP contribution in [0.5, 0.6) is 0 Å². The van der Waals surface area contributed by atoms with Gasteiger partial charge in [-0.05, 0) is 55.3 Å². The monoisotopic (exact) mass is 356 g/mol. The van der Waals surface area contributed by atoms with E-state index in [1.54, 1.807) is 0 Å². The van der Waals surface area contributed by atoms with Gasteiger partial charge in [-0.25, -0.2) is 4.37 Å². The van der Waals surface area contributed by atoms with Gasteiger partial charge >= 0.3 is 5.97 Å². The van der Waals surface area contributed by atoms with Crippen LogP contribution >= 0.6 is 11.5 Å². The summed E-state index contributed by atoms with van der Waals surface area (Å²) in [5, 5.41) is 2.11. The highest BCUT2D eigenvalue weighted by molar-refractivity contribution is 7.03. The van der Waals surface area contributed by atoms with E-state index >= 15 is 0 Å². The lowest BCUT2D eigenvalue weighted by atomic mass is 9.70. The fourth-order valence-electron chi connectivity index (χ4n) is 4.78. The molecule has 2 aliphatic rings. The topological polar surface area (TPSA) is 42.4 Å². The van der Waals surface area contributed by atoms with Crippen LogP contribution in [0.4, 0.5) is 0 Å². The van der Waals surface area contributed by atoms with E-state index in [1.165, 1.54) is 29.1 Å². The summed E-state index contributed by atoms with van der Waals surface area (Å²) >= 11 is 1.49. The van der Waals surface area contributed by atoms with Crippen LogP contribution in [-0.2, 0) is 22.5 Å². The average Bonchev–Trinajstić information content (AvgIpc) is 3.33. The van der Waals surface area contributed by atoms with Gasteiger partial charge in [0.05, 0.1) is 12.0 Å². The summed E-state index contributed by atoms with van der Waals surface area (Å²) in [7, 11) is 0. The number of hydrogen-bond acceptors (Lipinski definition) is 5. The van der Waals surface area contributed by atoms with Crippen LogP contribution in [0.1, 0.15) is 37.3 Å². The van der Waals surface area contributed by atoms with E-state index in [1.807, 2.05) is 19.2 Å². The molecule has 3 heterocycles. The van der Waals surface area contributed by atoms with Gasteiger partial charge in [0.25, 0.3) is 0 Å². The lowest BCUT2D eigenvalue weighted by molar-refractivity contribution is -0.157. The molecule has 0 aliphatic carbocycles. The van der Waals surface area contributed by atoms with E-state index in [9.17, 15) is 4.79 Å². The first kappa shape index (κ1) is 16.7. The van der Waals surface area contributed by atoms with Gasteiger partial charge in [0.15, 0.2) is 0 Å². The van der Waals surface area contributed by atoms with E-state index in [2.05, 4.69) is 38.9 Å². The Morgan fingerprint density at radius 3 is 2.88 bits per heavy atom. The third-order valence-corrected chi connectivity index (χ3v) is 6.41. The molecule has 2 aliphatic heterocycles. The van der Waals surface area contributed by atoms with Crippen LogP contribution < -0.4 is 0 Å². The maximum Gasteiger partial charge on any atom is 0.314 e. The Bertz CT molecular complexity index is 719. The number of rotatable bonds is 6. The first-order valence-corrected chi connectivity index (χ1v) is 9.92. The summed E-state index contributed by atoms with van der Waals surface area (Å²) in [6.45, 7) is 3.24. The smallest absolute Gasteiger partial charge is 0.314 e. The predicted octanol–water partition coefficient (Wildman–Crippen LogP) is 3.67. The van der Waals surface area contributed by atoms with Gasteiger partial charge in [0, 0.05) is 30.2 Å². The number of esters is 1. The largest absolute Gasteiger partial charge is 0.466 e. The number of benzene rings is 1. The molecule has 0 unspecified atom stereocenters. The zero-order valence-electron chi connectivity index (χ0n) is 14.6. The second-order valence-electron chi connectivity index (χ2n) is 7.20. The molecule has 0 radical (unpaired) electrons. The molecular weight excluding hydrogens is 332 g/mol. The molecule has 132 valence electrons. The Labute approximate surface area is 153 Å². The second kappa shape index (κ2) is 6.89. The number of carbonyl (C=O) groups excluding carboxylic acids is 1. The molecule has 2 aromatic rings. The van der Waals surface area contributed by atoms with E-state index in [0.717, 1.165) is 25.8 Å². The fourth-order valence-corrected chi connectivity index (χ4v) is 5.31. The third kappa shape index (κ3) is 3.00. The molecule has 2 saturated heterocycles. The van der Waals surface area contributed by atoms with Gasteiger partial charge in [-0.2, -0.15) is 0 Å². The molecule has 4 rings (SSSR count). The van der Waals surface area contributed by atoms with Crippen molar-refractivity contribution in [2.24, 2.45) is 5.41 Å². The van der Waals surface area contributed by atoms with Gasteiger partial charge in [-0.15, -0.1) is 0 Å². The van der Waals surface area contributed by atoms with Crippen LogP contribution in [0, 0.1) is 5.41 Å². The number of carbonyl (C=O) groups is 1.